The third kappa shape index (κ3) is 5.55. The van der Waals surface area contributed by atoms with Crippen molar-refractivity contribution < 1.29 is 22.6 Å². The highest BCUT2D eigenvalue weighted by Gasteiger charge is 2.31. The molecule has 2 N–H and O–H groups in total. The standard InChI is InChI=1S/C15H20F3NO2/c16-15(17,18)21-14-5-2-11(3-6-14)1-4-12-7-8-13(20-12)9-10-19/h2-3,5-6,12-13H,1,4,7-10,19H2. The normalized spacial score (nSPS) is 22.5. The second-order valence-corrected chi connectivity index (χ2v) is 5.27. The van der Waals surface area contributed by atoms with E-state index in [1.807, 2.05) is 0 Å². The molecule has 1 aromatic rings. The minimum Gasteiger partial charge on any atom is -0.406 e. The summed E-state index contributed by atoms with van der Waals surface area (Å²) >= 11 is 0. The van der Waals surface area contributed by atoms with Crippen molar-refractivity contribution in [3.05, 3.63) is 29.8 Å². The van der Waals surface area contributed by atoms with Crippen LogP contribution in [0.25, 0.3) is 0 Å². The average molecular weight is 303 g/mol. The fourth-order valence-corrected chi connectivity index (χ4v) is 2.58. The topological polar surface area (TPSA) is 44.5 Å². The Bertz CT molecular complexity index is 434. The van der Waals surface area contributed by atoms with Crippen LogP contribution in [0.4, 0.5) is 13.2 Å². The molecule has 1 heterocycles. The number of rotatable bonds is 6. The van der Waals surface area contributed by atoms with Crippen molar-refractivity contribution in [2.24, 2.45) is 5.73 Å². The van der Waals surface area contributed by atoms with Gasteiger partial charge in [-0.2, -0.15) is 0 Å². The van der Waals surface area contributed by atoms with Gasteiger partial charge in [0, 0.05) is 0 Å². The molecule has 3 nitrogen and oxygen atoms in total. The Hall–Kier alpha value is -1.27. The van der Waals surface area contributed by atoms with E-state index in [-0.39, 0.29) is 18.0 Å². The largest absolute Gasteiger partial charge is 0.573 e. The summed E-state index contributed by atoms with van der Waals surface area (Å²) < 4.78 is 45.8. The Morgan fingerprint density at radius 2 is 1.71 bits per heavy atom. The number of alkyl halides is 3. The fourth-order valence-electron chi connectivity index (χ4n) is 2.58. The Morgan fingerprint density at radius 1 is 1.10 bits per heavy atom. The maximum absolute atomic E-state index is 12.0. The molecule has 0 radical (unpaired) electrons. The van der Waals surface area contributed by atoms with Crippen LogP contribution in [0.15, 0.2) is 24.3 Å². The van der Waals surface area contributed by atoms with Crippen molar-refractivity contribution in [2.45, 2.75) is 50.7 Å². The molecular weight excluding hydrogens is 283 g/mol. The van der Waals surface area contributed by atoms with E-state index in [2.05, 4.69) is 4.74 Å². The summed E-state index contributed by atoms with van der Waals surface area (Å²) in [6.45, 7) is 0.637. The molecular formula is C15H20F3NO2. The summed E-state index contributed by atoms with van der Waals surface area (Å²) in [5.41, 5.74) is 6.49. The second kappa shape index (κ2) is 7.13. The smallest absolute Gasteiger partial charge is 0.406 e. The first-order valence-electron chi connectivity index (χ1n) is 7.16. The van der Waals surface area contributed by atoms with Gasteiger partial charge in [0.05, 0.1) is 12.2 Å². The lowest BCUT2D eigenvalue weighted by molar-refractivity contribution is -0.274. The van der Waals surface area contributed by atoms with Gasteiger partial charge >= 0.3 is 6.36 Å². The zero-order valence-corrected chi connectivity index (χ0v) is 11.7. The van der Waals surface area contributed by atoms with E-state index in [9.17, 15) is 13.2 Å². The van der Waals surface area contributed by atoms with Gasteiger partial charge in [-0.1, -0.05) is 12.1 Å². The molecule has 2 rings (SSSR count). The molecule has 1 aliphatic rings. The maximum atomic E-state index is 12.0. The van der Waals surface area contributed by atoms with Crippen LogP contribution in [0.3, 0.4) is 0 Å². The van der Waals surface area contributed by atoms with Gasteiger partial charge in [-0.25, -0.2) is 0 Å². The summed E-state index contributed by atoms with van der Waals surface area (Å²) in [5, 5.41) is 0. The number of hydrogen-bond donors (Lipinski definition) is 1. The minimum atomic E-state index is -4.64. The van der Waals surface area contributed by atoms with E-state index < -0.39 is 6.36 Å². The Kier molecular flexibility index (Phi) is 5.47. The predicted octanol–water partition coefficient (Wildman–Crippen LogP) is 3.41. The molecule has 1 saturated heterocycles. The summed E-state index contributed by atoms with van der Waals surface area (Å²) in [5.74, 6) is -0.189. The van der Waals surface area contributed by atoms with E-state index in [1.54, 1.807) is 12.1 Å². The molecule has 0 spiro atoms. The molecule has 0 aromatic heterocycles. The lowest BCUT2D eigenvalue weighted by atomic mass is 10.0. The van der Waals surface area contributed by atoms with E-state index in [0.29, 0.717) is 6.54 Å². The van der Waals surface area contributed by atoms with Gasteiger partial charge in [0.15, 0.2) is 0 Å². The lowest BCUT2D eigenvalue weighted by Gasteiger charge is -2.13. The second-order valence-electron chi connectivity index (χ2n) is 5.27. The third-order valence-electron chi connectivity index (χ3n) is 3.60. The molecule has 1 fully saturated rings. The van der Waals surface area contributed by atoms with Crippen LogP contribution in [0.1, 0.15) is 31.2 Å². The van der Waals surface area contributed by atoms with Gasteiger partial charge < -0.3 is 15.2 Å². The third-order valence-corrected chi connectivity index (χ3v) is 3.60. The van der Waals surface area contributed by atoms with Crippen molar-refractivity contribution in [1.29, 1.82) is 0 Å². The zero-order valence-electron chi connectivity index (χ0n) is 11.7. The van der Waals surface area contributed by atoms with Crippen LogP contribution in [0.5, 0.6) is 5.75 Å². The molecule has 0 bridgehead atoms. The maximum Gasteiger partial charge on any atom is 0.573 e. The molecule has 1 aromatic carbocycles. The molecule has 118 valence electrons. The van der Waals surface area contributed by atoms with Gasteiger partial charge in [-0.3, -0.25) is 0 Å². The van der Waals surface area contributed by atoms with Crippen molar-refractivity contribution >= 4 is 0 Å². The van der Waals surface area contributed by atoms with Crippen molar-refractivity contribution in [3.63, 3.8) is 0 Å². The zero-order chi connectivity index (χ0) is 15.3. The molecule has 0 saturated carbocycles. The predicted molar refractivity (Wildman–Crippen MR) is 73.0 cm³/mol. The van der Waals surface area contributed by atoms with Gasteiger partial charge in [-0.05, 0) is 56.3 Å². The van der Waals surface area contributed by atoms with E-state index in [4.69, 9.17) is 10.5 Å². The van der Waals surface area contributed by atoms with Crippen LogP contribution in [0.2, 0.25) is 0 Å². The van der Waals surface area contributed by atoms with Gasteiger partial charge in [0.25, 0.3) is 0 Å². The summed E-state index contributed by atoms with van der Waals surface area (Å²) in [6, 6.07) is 6.01. The van der Waals surface area contributed by atoms with Crippen LogP contribution in [-0.4, -0.2) is 25.1 Å². The first kappa shape index (κ1) is 16.1. The average Bonchev–Trinajstić information content (AvgIpc) is 2.84. The van der Waals surface area contributed by atoms with Crippen LogP contribution >= 0.6 is 0 Å². The molecule has 1 aliphatic heterocycles. The lowest BCUT2D eigenvalue weighted by Crippen LogP contribution is -2.17. The van der Waals surface area contributed by atoms with E-state index in [0.717, 1.165) is 37.7 Å². The Morgan fingerprint density at radius 3 is 2.29 bits per heavy atom. The minimum absolute atomic E-state index is 0.189. The highest BCUT2D eigenvalue weighted by molar-refractivity contribution is 5.27. The summed E-state index contributed by atoms with van der Waals surface area (Å²) in [7, 11) is 0. The van der Waals surface area contributed by atoms with Crippen LogP contribution < -0.4 is 10.5 Å². The number of halogens is 3. The number of aryl methyl sites for hydroxylation is 1. The van der Waals surface area contributed by atoms with Gasteiger partial charge in [-0.15, -0.1) is 13.2 Å². The Labute approximate surface area is 122 Å². The number of benzene rings is 1. The van der Waals surface area contributed by atoms with E-state index >= 15 is 0 Å². The first-order chi connectivity index (χ1) is 9.96. The molecule has 2 unspecified atom stereocenters. The van der Waals surface area contributed by atoms with Gasteiger partial charge in [0.1, 0.15) is 5.75 Å². The van der Waals surface area contributed by atoms with Crippen molar-refractivity contribution in [2.75, 3.05) is 6.54 Å². The monoisotopic (exact) mass is 303 g/mol. The molecule has 0 aliphatic carbocycles. The molecule has 21 heavy (non-hydrogen) atoms. The van der Waals surface area contributed by atoms with Crippen molar-refractivity contribution in [3.8, 4) is 5.75 Å². The Balaban J connectivity index is 1.76. The number of ether oxygens (including phenoxy) is 2. The highest BCUT2D eigenvalue weighted by Crippen LogP contribution is 2.26. The molecule has 6 heteroatoms. The first-order valence-corrected chi connectivity index (χ1v) is 7.16. The number of hydrogen-bond acceptors (Lipinski definition) is 3. The quantitative estimate of drug-likeness (QED) is 0.876. The highest BCUT2D eigenvalue weighted by atomic mass is 19.4. The van der Waals surface area contributed by atoms with Crippen LogP contribution in [0, 0.1) is 0 Å². The SMILES string of the molecule is NCCC1CCC(CCc2ccc(OC(F)(F)F)cc2)O1. The van der Waals surface area contributed by atoms with Crippen LogP contribution in [-0.2, 0) is 11.2 Å². The molecule has 0 amide bonds. The summed E-state index contributed by atoms with van der Waals surface area (Å²) in [4.78, 5) is 0. The van der Waals surface area contributed by atoms with E-state index in [1.165, 1.54) is 12.1 Å². The fraction of sp³-hybridized carbons (Fsp3) is 0.600. The van der Waals surface area contributed by atoms with Gasteiger partial charge in [0.2, 0.25) is 0 Å². The van der Waals surface area contributed by atoms with Crippen molar-refractivity contribution in [1.82, 2.24) is 0 Å². The number of nitrogens with two attached hydrogens (primary N) is 1. The molecule has 2 atom stereocenters. The summed E-state index contributed by atoms with van der Waals surface area (Å²) in [6.07, 6.45) is 0.472.